The maximum absolute atomic E-state index is 12.6. The van der Waals surface area contributed by atoms with Crippen LogP contribution in [0.4, 0.5) is 0 Å². The summed E-state index contributed by atoms with van der Waals surface area (Å²) in [5, 5.41) is 5.26. The predicted octanol–water partition coefficient (Wildman–Crippen LogP) is 21.7. The van der Waals surface area contributed by atoms with Gasteiger partial charge < -0.3 is 51.6 Å². The third-order valence-corrected chi connectivity index (χ3v) is 33.6. The standard InChI is InChI=1S/C30H27S.C29H33O3S.3C13H24O7S.C13H17OS/c1-30(2,3)24-18-20-25(21-19-24)31(28-16-8-12-22-10-4-6-14-26(22)28)29-17-9-13-23-11-5-7-15-27(23)29;1-4-29(17-11-12-18-29)32-27(30)21-31-28-22(2)19-26(20-23(28)3)33(24-13-7-5-8-14-24)25-15-9-6-10-16-25;3*1-5-10(20-12(15)13(3,4)6-2)9-11(14)19-7-8-21(16,17)18;1-11-4-6-12(7-5-11)13(14)10-15-8-2-3-9-15/h4-21H,1-3H3;5-10,13-16,19-20H,4,11-12,17-18,21H2,1-3H3;3*10H,5-9H2,1-4H3,(H,16,17,18);4-7H,2-3,8-10H2,1H3/q2*+1;;;;+1/p-3. The molecule has 9 aromatic rings. The molecular weight excluding hydrogens is 1930 g/mol. The summed E-state index contributed by atoms with van der Waals surface area (Å²) in [5.74, 6) is -1.42. The summed E-state index contributed by atoms with van der Waals surface area (Å²) in [6.45, 7) is 34.9. The van der Waals surface area contributed by atoms with Gasteiger partial charge in [-0.15, -0.1) is 0 Å². The van der Waals surface area contributed by atoms with Crippen LogP contribution in [0.1, 0.15) is 246 Å². The van der Waals surface area contributed by atoms with Crippen LogP contribution < -0.4 is 4.74 Å². The number of aryl methyl sites for hydroxylation is 3. The molecule has 0 amide bonds. The van der Waals surface area contributed by atoms with Crippen molar-refractivity contribution in [1.82, 2.24) is 0 Å². The zero-order valence-corrected chi connectivity index (χ0v) is 90.8. The van der Waals surface area contributed by atoms with E-state index in [2.05, 4.69) is 238 Å². The fraction of sp³-hybridized carbons (Fsp3) is 0.477. The minimum atomic E-state index is -4.41. The van der Waals surface area contributed by atoms with Gasteiger partial charge in [0.25, 0.3) is 0 Å². The van der Waals surface area contributed by atoms with Crippen LogP contribution in [-0.4, -0.2) is 171 Å². The number of hydrogen-bond donors (Lipinski definition) is 0. The van der Waals surface area contributed by atoms with Crippen LogP contribution in [0.3, 0.4) is 0 Å². The fourth-order valence-corrected chi connectivity index (χ4v) is 22.3. The van der Waals surface area contributed by atoms with Crippen LogP contribution in [0.25, 0.3) is 21.5 Å². The number of ketones is 1. The van der Waals surface area contributed by atoms with Crippen LogP contribution >= 0.6 is 0 Å². The quantitative estimate of drug-likeness (QED) is 0.0113. The van der Waals surface area contributed by atoms with Crippen LogP contribution in [0.15, 0.2) is 236 Å². The highest BCUT2D eigenvalue weighted by molar-refractivity contribution is 7.98. The predicted molar refractivity (Wildman–Crippen MR) is 559 cm³/mol. The summed E-state index contributed by atoms with van der Waals surface area (Å²) >= 11 is 0. The Labute approximate surface area is 851 Å². The lowest BCUT2D eigenvalue weighted by molar-refractivity contribution is -0.164. The molecule has 2 aliphatic rings. The third kappa shape index (κ3) is 41.3. The molecule has 142 heavy (non-hydrogen) atoms. The van der Waals surface area contributed by atoms with Crippen LogP contribution in [-0.2, 0) is 135 Å². The van der Waals surface area contributed by atoms with E-state index in [0.717, 1.165) is 60.3 Å². The van der Waals surface area contributed by atoms with Crippen molar-refractivity contribution in [3.05, 3.63) is 234 Å². The van der Waals surface area contributed by atoms with Crippen molar-refractivity contribution >= 4 is 132 Å². The molecule has 0 radical (unpaired) electrons. The molecule has 1 aliphatic heterocycles. The molecular formula is C111H146O25S6. The molecule has 0 spiro atoms. The van der Waals surface area contributed by atoms with Crippen molar-refractivity contribution < 1.29 is 115 Å². The molecule has 2 fully saturated rings. The van der Waals surface area contributed by atoms with Crippen LogP contribution in [0, 0.1) is 37.0 Å². The van der Waals surface area contributed by atoms with E-state index in [1.54, 1.807) is 62.3 Å². The van der Waals surface area contributed by atoms with Crippen molar-refractivity contribution in [3.8, 4) is 5.75 Å². The molecule has 1 saturated carbocycles. The van der Waals surface area contributed by atoms with Gasteiger partial charge in [0.2, 0.25) is 5.78 Å². The molecule has 9 aromatic carbocycles. The molecule has 1 aliphatic carbocycles. The lowest BCUT2D eigenvalue weighted by Crippen LogP contribution is -2.33. The van der Waals surface area contributed by atoms with E-state index in [-0.39, 0.29) is 64.6 Å². The van der Waals surface area contributed by atoms with Crippen molar-refractivity contribution in [2.45, 2.75) is 293 Å². The summed E-state index contributed by atoms with van der Waals surface area (Å²) in [6.07, 6.45) is 8.44. The maximum Gasteiger partial charge on any atom is 0.344 e. The Morgan fingerprint density at radius 2 is 0.761 bits per heavy atom. The van der Waals surface area contributed by atoms with E-state index in [4.69, 9.17) is 23.7 Å². The second-order valence-electron chi connectivity index (χ2n) is 38.1. The van der Waals surface area contributed by atoms with E-state index in [0.29, 0.717) is 55.2 Å². The summed E-state index contributed by atoms with van der Waals surface area (Å²) in [5.41, 5.74) is 3.52. The first-order chi connectivity index (χ1) is 66.8. The monoisotopic (exact) mass is 2070 g/mol. The van der Waals surface area contributed by atoms with Gasteiger partial charge in [0.15, 0.2) is 41.7 Å². The van der Waals surface area contributed by atoms with Gasteiger partial charge in [0, 0.05) is 28.5 Å². The van der Waals surface area contributed by atoms with Crippen molar-refractivity contribution in [2.24, 2.45) is 16.2 Å². The zero-order valence-electron chi connectivity index (χ0n) is 85.9. The Kier molecular flexibility index (Phi) is 49.0. The van der Waals surface area contributed by atoms with E-state index in [9.17, 15) is 77.3 Å². The number of ether oxygens (including phenoxy) is 8. The van der Waals surface area contributed by atoms with Gasteiger partial charge in [-0.05, 0) is 250 Å². The van der Waals surface area contributed by atoms with E-state index in [1.807, 2.05) is 52.0 Å². The Morgan fingerprint density at radius 1 is 0.408 bits per heavy atom. The van der Waals surface area contributed by atoms with Gasteiger partial charge >= 0.3 is 41.8 Å². The Hall–Kier alpha value is -9.96. The number of carbonyl (C=O) groups is 8. The molecule has 1 heterocycles. The van der Waals surface area contributed by atoms with Gasteiger partial charge in [-0.1, -0.05) is 208 Å². The Bertz CT molecular complexity index is 5550. The smallest absolute Gasteiger partial charge is 0.344 e. The molecule has 0 aromatic heterocycles. The molecule has 0 bridgehead atoms. The topological polar surface area (TPSA) is 382 Å². The molecule has 3 unspecified atom stereocenters. The number of rotatable bonds is 41. The largest absolute Gasteiger partial charge is 0.748 e. The first-order valence-corrected chi connectivity index (χ1v) is 57.5. The van der Waals surface area contributed by atoms with E-state index < -0.39 is 138 Å². The minimum absolute atomic E-state index is 0.0497. The molecule has 3 atom stereocenters. The molecule has 31 heteroatoms. The van der Waals surface area contributed by atoms with E-state index in [1.165, 1.54) is 86.4 Å². The normalized spacial score (nSPS) is 13.9. The summed E-state index contributed by atoms with van der Waals surface area (Å²) in [6, 6.07) is 73.8. The number of Topliss-reactive ketones (excluding diaryl/α,β-unsaturated/α-hetero) is 1. The van der Waals surface area contributed by atoms with Crippen molar-refractivity contribution in [1.29, 1.82) is 0 Å². The number of esters is 7. The van der Waals surface area contributed by atoms with Crippen molar-refractivity contribution in [3.63, 3.8) is 0 Å². The minimum Gasteiger partial charge on any atom is -0.748 e. The van der Waals surface area contributed by atoms with Gasteiger partial charge in [-0.2, -0.15) is 0 Å². The van der Waals surface area contributed by atoms with Crippen LogP contribution in [0.5, 0.6) is 5.75 Å². The highest BCUT2D eigenvalue weighted by Gasteiger charge is 2.39. The summed E-state index contributed by atoms with van der Waals surface area (Å²) in [7, 11) is -13.2. The first-order valence-electron chi connectivity index (χ1n) is 48.6. The molecule has 776 valence electrons. The van der Waals surface area contributed by atoms with Crippen molar-refractivity contribution in [2.75, 3.05) is 60.9 Å². The third-order valence-electron chi connectivity index (χ3n) is 24.6. The van der Waals surface area contributed by atoms with Gasteiger partial charge in [-0.25, -0.2) is 30.0 Å². The second-order valence-corrected chi connectivity index (χ2v) is 49.0. The summed E-state index contributed by atoms with van der Waals surface area (Å²) in [4.78, 5) is 103. The van der Waals surface area contributed by atoms with E-state index >= 15 is 0 Å². The lowest BCUT2D eigenvalue weighted by atomic mass is 9.87. The average Bonchev–Trinajstić information content (AvgIpc) is 0.778. The second kappa shape index (κ2) is 57.7. The number of hydrogen-bond acceptors (Lipinski definition) is 25. The Morgan fingerprint density at radius 3 is 1.11 bits per heavy atom. The molecule has 1 saturated heterocycles. The summed E-state index contributed by atoms with van der Waals surface area (Å²) < 4.78 is 135. The number of carbonyl (C=O) groups excluding carboxylic acids is 8. The number of fused-ring (bicyclic) bond motifs is 2. The highest BCUT2D eigenvalue weighted by Crippen LogP contribution is 2.42. The molecule has 25 nitrogen and oxygen atoms in total. The zero-order chi connectivity index (χ0) is 105. The fourth-order valence-electron chi connectivity index (χ4n) is 14.5. The first kappa shape index (κ1) is 121. The average molecular weight is 2070 g/mol. The lowest BCUT2D eigenvalue weighted by Gasteiger charge is -2.27. The van der Waals surface area contributed by atoms with Gasteiger partial charge in [0.05, 0.1) is 94.0 Å². The molecule has 11 rings (SSSR count). The molecule has 0 N–H and O–H groups in total. The Balaban J connectivity index is 0.000000266. The van der Waals surface area contributed by atoms with Crippen LogP contribution in [0.2, 0.25) is 0 Å². The SMILES string of the molecule is CC(C)(C)c1ccc([S+](c2cccc3ccccc23)c2cccc3ccccc23)cc1.CCC(CC(=O)OCCS(=O)(=O)[O-])OC(=O)C(C)(C)CC.CCC(CC(=O)OCCS(=O)(=O)[O-])OC(=O)C(C)(C)CC.CCC(CC(=O)OCCS(=O)(=O)[O-])OC(=O)C(C)(C)CC.CCC1(OC(=O)COc2c(C)cc([S+](c3ccccc3)c3ccccc3)cc2C)CCCC1.Cc1ccc(C(=O)C[S+]2CCCC2)cc1. The van der Waals surface area contributed by atoms with Gasteiger partial charge in [0.1, 0.15) is 71.9 Å². The highest BCUT2D eigenvalue weighted by atomic mass is 32.2. The number of benzene rings is 9. The maximum atomic E-state index is 12.6. The van der Waals surface area contributed by atoms with Gasteiger partial charge in [-0.3, -0.25) is 33.6 Å².